The number of benzene rings is 2. The van der Waals surface area contributed by atoms with Crippen LogP contribution in [0.25, 0.3) is 21.8 Å². The van der Waals surface area contributed by atoms with Gasteiger partial charge >= 0.3 is 0 Å². The lowest BCUT2D eigenvalue weighted by atomic mass is 9.91. The molecule has 2 aliphatic rings. The lowest BCUT2D eigenvalue weighted by Gasteiger charge is -2.21. The quantitative estimate of drug-likeness (QED) is 0.694. The number of ketones is 2. The van der Waals surface area contributed by atoms with Crippen molar-refractivity contribution >= 4 is 33.4 Å². The van der Waals surface area contributed by atoms with Crippen molar-refractivity contribution in [3.05, 3.63) is 46.5 Å². The SMILES string of the molecule is CCN(CC)CCC1CC(=O)c2ccc3[nH]c4ccc5c(c4c3c21)CCC5=O. The van der Waals surface area contributed by atoms with Crippen LogP contribution in [-0.4, -0.2) is 41.1 Å². The van der Waals surface area contributed by atoms with E-state index in [1.54, 1.807) is 0 Å². The number of rotatable bonds is 5. The number of hydrogen-bond donors (Lipinski definition) is 1. The smallest absolute Gasteiger partial charge is 0.163 e. The Bertz CT molecular complexity index is 1120. The maximum atomic E-state index is 12.8. The molecule has 0 spiro atoms. The molecule has 0 saturated heterocycles. The van der Waals surface area contributed by atoms with Crippen LogP contribution in [0.15, 0.2) is 24.3 Å². The van der Waals surface area contributed by atoms with Crippen LogP contribution in [0, 0.1) is 0 Å². The fraction of sp³-hybridized carbons (Fsp3) is 0.417. The summed E-state index contributed by atoms with van der Waals surface area (Å²) < 4.78 is 0. The van der Waals surface area contributed by atoms with E-state index in [2.05, 4.69) is 23.7 Å². The van der Waals surface area contributed by atoms with Gasteiger partial charge in [0.25, 0.3) is 0 Å². The summed E-state index contributed by atoms with van der Waals surface area (Å²) in [5.74, 6) is 0.770. The number of fused-ring (bicyclic) bond motifs is 7. The molecular weight excluding hydrogens is 348 g/mol. The van der Waals surface area contributed by atoms with E-state index in [1.807, 2.05) is 24.3 Å². The molecule has 1 heterocycles. The van der Waals surface area contributed by atoms with Gasteiger partial charge < -0.3 is 9.88 Å². The predicted molar refractivity (Wildman–Crippen MR) is 113 cm³/mol. The lowest BCUT2D eigenvalue weighted by molar-refractivity contribution is 0.0981. The first kappa shape index (κ1) is 17.6. The molecule has 4 heteroatoms. The van der Waals surface area contributed by atoms with Gasteiger partial charge in [0.05, 0.1) is 0 Å². The largest absolute Gasteiger partial charge is 0.354 e. The van der Waals surface area contributed by atoms with E-state index in [9.17, 15) is 9.59 Å². The third-order valence-corrected chi connectivity index (χ3v) is 6.81. The number of Topliss-reactive ketones (excluding diaryl/α,β-unsaturated/α-hetero) is 2. The number of aromatic nitrogens is 1. The van der Waals surface area contributed by atoms with Crippen molar-refractivity contribution in [3.8, 4) is 0 Å². The van der Waals surface area contributed by atoms with Crippen LogP contribution < -0.4 is 0 Å². The second-order valence-corrected chi connectivity index (χ2v) is 8.15. The third kappa shape index (κ3) is 2.47. The fourth-order valence-electron chi connectivity index (χ4n) is 5.30. The second kappa shape index (κ2) is 6.56. The van der Waals surface area contributed by atoms with E-state index in [4.69, 9.17) is 0 Å². The van der Waals surface area contributed by atoms with Gasteiger partial charge in [0, 0.05) is 45.8 Å². The zero-order valence-corrected chi connectivity index (χ0v) is 16.6. The Hall–Kier alpha value is -2.46. The number of carbonyl (C=O) groups excluding carboxylic acids is 2. The fourth-order valence-corrected chi connectivity index (χ4v) is 5.30. The van der Waals surface area contributed by atoms with E-state index in [0.29, 0.717) is 12.8 Å². The molecule has 0 saturated carbocycles. The van der Waals surface area contributed by atoms with Gasteiger partial charge in [0.1, 0.15) is 0 Å². The van der Waals surface area contributed by atoms with E-state index < -0.39 is 0 Å². The molecule has 0 fully saturated rings. The van der Waals surface area contributed by atoms with Gasteiger partial charge in [-0.15, -0.1) is 0 Å². The number of carbonyl (C=O) groups is 2. The van der Waals surface area contributed by atoms with Crippen LogP contribution in [0.5, 0.6) is 0 Å². The summed E-state index contributed by atoms with van der Waals surface area (Å²) in [5, 5.41) is 2.37. The molecular formula is C24H26N2O2. The standard InChI is InChI=1S/C24H26N2O2/c1-3-26(4-2)12-11-14-13-21(28)17-6-9-19-24(22(14)17)23-16-7-10-20(27)15(16)5-8-18(23)25-19/h5-6,8-9,14,25H,3-4,7,10-13H2,1-2H3. The van der Waals surface area contributed by atoms with E-state index in [0.717, 1.165) is 54.6 Å². The second-order valence-electron chi connectivity index (χ2n) is 8.15. The van der Waals surface area contributed by atoms with Crippen LogP contribution >= 0.6 is 0 Å². The number of nitrogens with zero attached hydrogens (tertiary/aromatic N) is 1. The van der Waals surface area contributed by atoms with Crippen molar-refractivity contribution in [1.82, 2.24) is 9.88 Å². The van der Waals surface area contributed by atoms with Gasteiger partial charge in [-0.25, -0.2) is 0 Å². The highest BCUT2D eigenvalue weighted by atomic mass is 16.1. The maximum Gasteiger partial charge on any atom is 0.163 e. The van der Waals surface area contributed by atoms with Crippen molar-refractivity contribution in [2.24, 2.45) is 0 Å². The molecule has 0 amide bonds. The molecule has 0 radical (unpaired) electrons. The molecule has 3 aromatic rings. The molecule has 5 rings (SSSR count). The van der Waals surface area contributed by atoms with Crippen LogP contribution in [-0.2, 0) is 6.42 Å². The van der Waals surface area contributed by atoms with Crippen LogP contribution in [0.1, 0.15) is 70.9 Å². The minimum Gasteiger partial charge on any atom is -0.354 e. The molecule has 28 heavy (non-hydrogen) atoms. The summed E-state index contributed by atoms with van der Waals surface area (Å²) in [5.41, 5.74) is 6.32. The van der Waals surface area contributed by atoms with Gasteiger partial charge in [0.2, 0.25) is 0 Å². The van der Waals surface area contributed by atoms with Crippen molar-refractivity contribution in [3.63, 3.8) is 0 Å². The summed E-state index contributed by atoms with van der Waals surface area (Å²) in [4.78, 5) is 31.0. The van der Waals surface area contributed by atoms with Crippen molar-refractivity contribution < 1.29 is 9.59 Å². The zero-order chi connectivity index (χ0) is 19.4. The first-order valence-electron chi connectivity index (χ1n) is 10.5. The molecule has 144 valence electrons. The maximum absolute atomic E-state index is 12.8. The highest BCUT2D eigenvalue weighted by Gasteiger charge is 2.33. The Morgan fingerprint density at radius 3 is 2.39 bits per heavy atom. The summed E-state index contributed by atoms with van der Waals surface area (Å²) in [6.45, 7) is 7.47. The van der Waals surface area contributed by atoms with Gasteiger partial charge in [-0.3, -0.25) is 9.59 Å². The first-order valence-corrected chi connectivity index (χ1v) is 10.5. The molecule has 1 aromatic heterocycles. The highest BCUT2D eigenvalue weighted by Crippen LogP contribution is 2.45. The van der Waals surface area contributed by atoms with Crippen LogP contribution in [0.3, 0.4) is 0 Å². The Labute approximate surface area is 164 Å². The third-order valence-electron chi connectivity index (χ3n) is 6.81. The monoisotopic (exact) mass is 374 g/mol. The van der Waals surface area contributed by atoms with Crippen LogP contribution in [0.4, 0.5) is 0 Å². The molecule has 2 aliphatic carbocycles. The number of nitrogens with one attached hydrogen (secondary N) is 1. The molecule has 1 unspecified atom stereocenters. The molecule has 0 bridgehead atoms. The Morgan fingerprint density at radius 2 is 1.64 bits per heavy atom. The summed E-state index contributed by atoms with van der Waals surface area (Å²) in [6, 6.07) is 8.04. The summed E-state index contributed by atoms with van der Waals surface area (Å²) in [7, 11) is 0. The van der Waals surface area contributed by atoms with Gasteiger partial charge in [-0.05, 0) is 73.8 Å². The normalized spacial score (nSPS) is 18.6. The first-order chi connectivity index (χ1) is 13.6. The van der Waals surface area contributed by atoms with E-state index in [-0.39, 0.29) is 17.5 Å². The van der Waals surface area contributed by atoms with Crippen molar-refractivity contribution in [1.29, 1.82) is 0 Å². The number of H-pyrrole nitrogens is 1. The Kier molecular flexibility index (Phi) is 4.13. The minimum atomic E-state index is 0.244. The topological polar surface area (TPSA) is 53.2 Å². The number of hydrogen-bond acceptors (Lipinski definition) is 3. The molecule has 0 aliphatic heterocycles. The Morgan fingerprint density at radius 1 is 0.929 bits per heavy atom. The molecule has 2 aromatic carbocycles. The van der Waals surface area contributed by atoms with E-state index in [1.165, 1.54) is 21.9 Å². The molecule has 4 nitrogen and oxygen atoms in total. The average Bonchev–Trinajstić information content (AvgIpc) is 3.35. The van der Waals surface area contributed by atoms with Gasteiger partial charge in [-0.2, -0.15) is 0 Å². The summed E-state index contributed by atoms with van der Waals surface area (Å²) in [6.07, 6.45) is 3.01. The van der Waals surface area contributed by atoms with Gasteiger partial charge in [0.15, 0.2) is 11.6 Å². The van der Waals surface area contributed by atoms with Crippen molar-refractivity contribution in [2.75, 3.05) is 19.6 Å². The number of aryl methyl sites for hydroxylation is 1. The predicted octanol–water partition coefficient (Wildman–Crippen LogP) is 4.85. The van der Waals surface area contributed by atoms with Crippen molar-refractivity contribution in [2.45, 2.75) is 45.4 Å². The molecule has 1 atom stereocenters. The summed E-state index contributed by atoms with van der Waals surface area (Å²) >= 11 is 0. The van der Waals surface area contributed by atoms with Gasteiger partial charge in [-0.1, -0.05) is 13.8 Å². The van der Waals surface area contributed by atoms with Crippen LogP contribution in [0.2, 0.25) is 0 Å². The zero-order valence-electron chi connectivity index (χ0n) is 16.6. The Balaban J connectivity index is 1.71. The highest BCUT2D eigenvalue weighted by molar-refractivity contribution is 6.18. The molecule has 1 N–H and O–H groups in total. The average molecular weight is 374 g/mol. The minimum absolute atomic E-state index is 0.244. The lowest BCUT2D eigenvalue weighted by Crippen LogP contribution is -2.25. The van der Waals surface area contributed by atoms with E-state index >= 15 is 0 Å². The number of aromatic amines is 1.